The third-order valence-corrected chi connectivity index (χ3v) is 4.82. The molecule has 1 aliphatic rings. The van der Waals surface area contributed by atoms with Crippen molar-refractivity contribution in [2.75, 3.05) is 13.1 Å². The second-order valence-electron chi connectivity index (χ2n) is 6.66. The molecule has 1 fully saturated rings. The second kappa shape index (κ2) is 8.49. The lowest BCUT2D eigenvalue weighted by atomic mass is 9.95. The Morgan fingerprint density at radius 2 is 1.63 bits per heavy atom. The van der Waals surface area contributed by atoms with Crippen molar-refractivity contribution in [1.29, 1.82) is 0 Å². The molecule has 6 heteroatoms. The van der Waals surface area contributed by atoms with Crippen molar-refractivity contribution in [1.82, 2.24) is 10.2 Å². The number of piperidine rings is 1. The zero-order chi connectivity index (χ0) is 19.2. The van der Waals surface area contributed by atoms with Crippen LogP contribution in [0.3, 0.4) is 0 Å². The quantitative estimate of drug-likeness (QED) is 0.851. The molecule has 3 rings (SSSR count). The van der Waals surface area contributed by atoms with E-state index in [0.717, 1.165) is 5.56 Å². The van der Waals surface area contributed by atoms with Crippen LogP contribution in [0.5, 0.6) is 0 Å². The average Bonchev–Trinajstić information content (AvgIpc) is 2.72. The largest absolute Gasteiger partial charge is 0.478 e. The SMILES string of the molecule is O=C(O)c1cccc(C(=O)N2CCC(C(=O)NCc3ccccc3)CC2)c1. The highest BCUT2D eigenvalue weighted by Gasteiger charge is 2.27. The molecule has 0 atom stereocenters. The van der Waals surface area contributed by atoms with Crippen LogP contribution in [0.15, 0.2) is 54.6 Å². The molecular formula is C21H22N2O4. The van der Waals surface area contributed by atoms with E-state index in [9.17, 15) is 14.4 Å². The lowest BCUT2D eigenvalue weighted by molar-refractivity contribution is -0.126. The number of carbonyl (C=O) groups excluding carboxylic acids is 2. The number of hydrogen-bond donors (Lipinski definition) is 2. The van der Waals surface area contributed by atoms with Crippen LogP contribution in [0.2, 0.25) is 0 Å². The van der Waals surface area contributed by atoms with Crippen molar-refractivity contribution in [3.8, 4) is 0 Å². The van der Waals surface area contributed by atoms with Crippen molar-refractivity contribution in [3.05, 3.63) is 71.3 Å². The predicted octanol–water partition coefficient (Wildman–Crippen LogP) is 2.55. The van der Waals surface area contributed by atoms with Gasteiger partial charge in [0.15, 0.2) is 0 Å². The van der Waals surface area contributed by atoms with Crippen molar-refractivity contribution in [3.63, 3.8) is 0 Å². The zero-order valence-corrected chi connectivity index (χ0v) is 14.9. The van der Waals surface area contributed by atoms with Gasteiger partial charge in [0.25, 0.3) is 5.91 Å². The minimum absolute atomic E-state index is 0.0128. The molecule has 140 valence electrons. The summed E-state index contributed by atoms with van der Waals surface area (Å²) in [4.78, 5) is 37.7. The van der Waals surface area contributed by atoms with Crippen molar-refractivity contribution < 1.29 is 19.5 Å². The molecule has 1 saturated heterocycles. The summed E-state index contributed by atoms with van der Waals surface area (Å²) in [7, 11) is 0. The molecule has 0 aromatic heterocycles. The molecule has 0 bridgehead atoms. The minimum Gasteiger partial charge on any atom is -0.478 e. The first-order valence-electron chi connectivity index (χ1n) is 8.99. The van der Waals surface area contributed by atoms with E-state index >= 15 is 0 Å². The summed E-state index contributed by atoms with van der Waals surface area (Å²) in [6, 6.07) is 15.8. The Hall–Kier alpha value is -3.15. The fourth-order valence-corrected chi connectivity index (χ4v) is 3.24. The van der Waals surface area contributed by atoms with Gasteiger partial charge in [0.1, 0.15) is 0 Å². The molecule has 2 N–H and O–H groups in total. The maximum Gasteiger partial charge on any atom is 0.335 e. The van der Waals surface area contributed by atoms with Crippen LogP contribution >= 0.6 is 0 Å². The van der Waals surface area contributed by atoms with Gasteiger partial charge in [-0.15, -0.1) is 0 Å². The molecule has 0 radical (unpaired) electrons. The molecule has 1 heterocycles. The maximum atomic E-state index is 12.6. The first-order valence-corrected chi connectivity index (χ1v) is 8.99. The summed E-state index contributed by atoms with van der Waals surface area (Å²) in [5.41, 5.74) is 1.51. The van der Waals surface area contributed by atoms with E-state index < -0.39 is 5.97 Å². The number of rotatable bonds is 5. The summed E-state index contributed by atoms with van der Waals surface area (Å²) in [6.45, 7) is 1.47. The van der Waals surface area contributed by atoms with Crippen LogP contribution in [0.25, 0.3) is 0 Å². The first kappa shape index (κ1) is 18.6. The third kappa shape index (κ3) is 4.73. The summed E-state index contributed by atoms with van der Waals surface area (Å²) < 4.78 is 0. The van der Waals surface area contributed by atoms with Crippen LogP contribution in [0, 0.1) is 5.92 Å². The van der Waals surface area contributed by atoms with Gasteiger partial charge in [0, 0.05) is 31.1 Å². The van der Waals surface area contributed by atoms with Gasteiger partial charge in [-0.05, 0) is 36.6 Å². The Balaban J connectivity index is 1.52. The third-order valence-electron chi connectivity index (χ3n) is 4.82. The molecule has 0 spiro atoms. The summed E-state index contributed by atoms with van der Waals surface area (Å²) in [5.74, 6) is -1.35. The molecule has 27 heavy (non-hydrogen) atoms. The zero-order valence-electron chi connectivity index (χ0n) is 14.9. The molecule has 0 aliphatic carbocycles. The van der Waals surface area contributed by atoms with Crippen LogP contribution in [-0.2, 0) is 11.3 Å². The Bertz CT molecular complexity index is 827. The molecule has 0 saturated carbocycles. The monoisotopic (exact) mass is 366 g/mol. The predicted molar refractivity (Wildman–Crippen MR) is 100 cm³/mol. The van der Waals surface area contributed by atoms with E-state index in [4.69, 9.17) is 5.11 Å². The number of aromatic carboxylic acids is 1. The Morgan fingerprint density at radius 1 is 0.963 bits per heavy atom. The van der Waals surface area contributed by atoms with Crippen molar-refractivity contribution >= 4 is 17.8 Å². The van der Waals surface area contributed by atoms with Gasteiger partial charge < -0.3 is 15.3 Å². The van der Waals surface area contributed by atoms with Crippen LogP contribution < -0.4 is 5.32 Å². The van der Waals surface area contributed by atoms with Gasteiger partial charge in [0.2, 0.25) is 5.91 Å². The number of nitrogens with zero attached hydrogens (tertiary/aromatic N) is 1. The smallest absolute Gasteiger partial charge is 0.335 e. The van der Waals surface area contributed by atoms with Gasteiger partial charge in [-0.25, -0.2) is 4.79 Å². The Morgan fingerprint density at radius 3 is 2.30 bits per heavy atom. The molecule has 6 nitrogen and oxygen atoms in total. The number of amides is 2. The van der Waals surface area contributed by atoms with E-state index in [-0.39, 0.29) is 23.3 Å². The molecule has 2 amide bonds. The lowest BCUT2D eigenvalue weighted by Crippen LogP contribution is -2.43. The van der Waals surface area contributed by atoms with E-state index in [1.807, 2.05) is 30.3 Å². The maximum absolute atomic E-state index is 12.6. The summed E-state index contributed by atoms with van der Waals surface area (Å²) >= 11 is 0. The van der Waals surface area contributed by atoms with Gasteiger partial charge >= 0.3 is 5.97 Å². The fraction of sp³-hybridized carbons (Fsp3) is 0.286. The number of carboxylic acid groups (broad SMARTS) is 1. The average molecular weight is 366 g/mol. The van der Waals surface area contributed by atoms with Crippen LogP contribution in [0.4, 0.5) is 0 Å². The van der Waals surface area contributed by atoms with Crippen molar-refractivity contribution in [2.24, 2.45) is 5.92 Å². The summed E-state index contributed by atoms with van der Waals surface area (Å²) in [5, 5.41) is 12.0. The van der Waals surface area contributed by atoms with Crippen LogP contribution in [0.1, 0.15) is 39.1 Å². The standard InChI is InChI=1S/C21H22N2O4/c24-19(22-14-15-5-2-1-3-6-15)16-9-11-23(12-10-16)20(25)17-7-4-8-18(13-17)21(26)27/h1-8,13,16H,9-12,14H2,(H,22,24)(H,26,27). The Kier molecular flexibility index (Phi) is 5.86. The number of carboxylic acids is 1. The van der Waals surface area contributed by atoms with Gasteiger partial charge in [-0.2, -0.15) is 0 Å². The number of carbonyl (C=O) groups is 3. The van der Waals surface area contributed by atoms with Gasteiger partial charge in [-0.3, -0.25) is 9.59 Å². The second-order valence-corrected chi connectivity index (χ2v) is 6.66. The highest BCUT2D eigenvalue weighted by atomic mass is 16.4. The molecule has 2 aromatic carbocycles. The lowest BCUT2D eigenvalue weighted by Gasteiger charge is -2.31. The minimum atomic E-state index is -1.06. The highest BCUT2D eigenvalue weighted by molar-refractivity contribution is 5.97. The van der Waals surface area contributed by atoms with Gasteiger partial charge in [-0.1, -0.05) is 36.4 Å². The molecular weight excluding hydrogens is 344 g/mol. The highest BCUT2D eigenvalue weighted by Crippen LogP contribution is 2.20. The molecule has 2 aromatic rings. The van der Waals surface area contributed by atoms with E-state index in [2.05, 4.69) is 5.32 Å². The fourth-order valence-electron chi connectivity index (χ4n) is 3.24. The van der Waals surface area contributed by atoms with E-state index in [1.54, 1.807) is 17.0 Å². The number of benzene rings is 2. The number of likely N-dealkylation sites (tertiary alicyclic amines) is 1. The number of hydrogen-bond acceptors (Lipinski definition) is 3. The van der Waals surface area contributed by atoms with Crippen molar-refractivity contribution in [2.45, 2.75) is 19.4 Å². The van der Waals surface area contributed by atoms with Crippen LogP contribution in [-0.4, -0.2) is 40.9 Å². The van der Waals surface area contributed by atoms with E-state index in [0.29, 0.717) is 38.0 Å². The normalized spacial score (nSPS) is 14.6. The molecule has 1 aliphatic heterocycles. The Labute approximate surface area is 157 Å². The number of nitrogens with one attached hydrogen (secondary N) is 1. The van der Waals surface area contributed by atoms with Gasteiger partial charge in [0.05, 0.1) is 5.56 Å². The topological polar surface area (TPSA) is 86.7 Å². The first-order chi connectivity index (χ1) is 13.0. The summed E-state index contributed by atoms with van der Waals surface area (Å²) in [6.07, 6.45) is 1.20. The molecule has 0 unspecified atom stereocenters. The van der Waals surface area contributed by atoms with E-state index in [1.165, 1.54) is 12.1 Å².